The average molecular weight is 356 g/mol. The van der Waals surface area contributed by atoms with Crippen LogP contribution >= 0.6 is 23.2 Å². The number of benzene rings is 2. The largest absolute Gasteiger partial charge is 0.339 e. The topological polar surface area (TPSA) is 73.6 Å². The Morgan fingerprint density at radius 3 is 2.58 bits per heavy atom. The molecule has 0 saturated carbocycles. The fourth-order valence-corrected chi connectivity index (χ4v) is 2.48. The molecule has 0 saturated heterocycles. The quantitative estimate of drug-likeness (QED) is 0.677. The van der Waals surface area contributed by atoms with Crippen molar-refractivity contribution in [2.24, 2.45) is 0 Å². The molecular formula is C17H11Cl2N5. The molecule has 0 radical (unpaired) electrons. The molecule has 2 aromatic carbocycles. The zero-order valence-electron chi connectivity index (χ0n) is 12.3. The van der Waals surface area contributed by atoms with Crippen molar-refractivity contribution in [2.45, 2.75) is 0 Å². The van der Waals surface area contributed by atoms with Gasteiger partial charge in [-0.25, -0.2) is 4.98 Å². The third-order valence-corrected chi connectivity index (χ3v) is 3.69. The first kappa shape index (κ1) is 16.1. The Kier molecular flexibility index (Phi) is 4.80. The number of para-hydroxylation sites is 1. The van der Waals surface area contributed by atoms with Gasteiger partial charge in [0.15, 0.2) is 0 Å². The molecule has 2 N–H and O–H groups in total. The lowest BCUT2D eigenvalue weighted by Crippen LogP contribution is -2.01. The number of anilines is 4. The highest BCUT2D eigenvalue weighted by Gasteiger charge is 2.06. The Morgan fingerprint density at radius 2 is 1.79 bits per heavy atom. The van der Waals surface area contributed by atoms with Gasteiger partial charge < -0.3 is 10.6 Å². The second-order valence-corrected chi connectivity index (χ2v) is 5.64. The van der Waals surface area contributed by atoms with Crippen molar-refractivity contribution in [3.63, 3.8) is 0 Å². The highest BCUT2D eigenvalue weighted by molar-refractivity contribution is 6.36. The number of hydrogen-bond acceptors (Lipinski definition) is 5. The van der Waals surface area contributed by atoms with Crippen LogP contribution in [0.3, 0.4) is 0 Å². The highest BCUT2D eigenvalue weighted by Crippen LogP contribution is 2.27. The Labute approximate surface area is 148 Å². The van der Waals surface area contributed by atoms with Gasteiger partial charge in [-0.2, -0.15) is 10.2 Å². The minimum Gasteiger partial charge on any atom is -0.339 e. The van der Waals surface area contributed by atoms with Crippen LogP contribution in [0.2, 0.25) is 10.0 Å². The Morgan fingerprint density at radius 1 is 0.958 bits per heavy atom. The monoisotopic (exact) mass is 355 g/mol. The zero-order chi connectivity index (χ0) is 16.9. The molecule has 3 rings (SSSR count). The zero-order valence-corrected chi connectivity index (χ0v) is 13.8. The van der Waals surface area contributed by atoms with Gasteiger partial charge in [0.05, 0.1) is 22.0 Å². The predicted molar refractivity (Wildman–Crippen MR) is 96.2 cm³/mol. The number of aromatic nitrogens is 2. The van der Waals surface area contributed by atoms with Gasteiger partial charge in [0.1, 0.15) is 11.9 Å². The van der Waals surface area contributed by atoms with Gasteiger partial charge in [-0.15, -0.1) is 0 Å². The molecule has 3 aromatic rings. The van der Waals surface area contributed by atoms with Crippen LogP contribution in [0.4, 0.5) is 23.1 Å². The second kappa shape index (κ2) is 7.18. The second-order valence-electron chi connectivity index (χ2n) is 4.80. The lowest BCUT2D eigenvalue weighted by molar-refractivity contribution is 1.16. The summed E-state index contributed by atoms with van der Waals surface area (Å²) in [6, 6.07) is 16.1. The maximum absolute atomic E-state index is 9.14. The fraction of sp³-hybridized carbons (Fsp3) is 0. The summed E-state index contributed by atoms with van der Waals surface area (Å²) in [5.74, 6) is 0.930. The molecule has 0 bridgehead atoms. The molecule has 0 amide bonds. The predicted octanol–water partition coefficient (Wildman–Crippen LogP) is 5.14. The lowest BCUT2D eigenvalue weighted by Gasteiger charge is -2.10. The molecule has 24 heavy (non-hydrogen) atoms. The summed E-state index contributed by atoms with van der Waals surface area (Å²) in [5, 5.41) is 16.3. The van der Waals surface area contributed by atoms with Crippen LogP contribution in [0.15, 0.2) is 54.7 Å². The average Bonchev–Trinajstić information content (AvgIpc) is 2.58. The van der Waals surface area contributed by atoms with Crippen molar-refractivity contribution in [2.75, 3.05) is 10.6 Å². The van der Waals surface area contributed by atoms with E-state index < -0.39 is 0 Å². The molecule has 1 aromatic heterocycles. The summed E-state index contributed by atoms with van der Waals surface area (Å²) in [6.07, 6.45) is 1.61. The van der Waals surface area contributed by atoms with Crippen LogP contribution in [0.25, 0.3) is 0 Å². The standard InChI is InChI=1S/C17H11Cl2N5/c18-12-5-6-15(13(19)9-12)23-17-21-8-7-16(24-17)22-14-4-2-1-3-11(14)10-20/h1-9H,(H2,21,22,23,24). The number of rotatable bonds is 4. The van der Waals surface area contributed by atoms with E-state index in [9.17, 15) is 0 Å². The highest BCUT2D eigenvalue weighted by atomic mass is 35.5. The molecule has 5 nitrogen and oxygen atoms in total. The van der Waals surface area contributed by atoms with Crippen LogP contribution in [0, 0.1) is 11.3 Å². The van der Waals surface area contributed by atoms with E-state index in [0.29, 0.717) is 38.7 Å². The normalized spacial score (nSPS) is 10.0. The Bertz CT molecular complexity index is 921. The maximum Gasteiger partial charge on any atom is 0.229 e. The molecule has 0 aliphatic rings. The molecule has 1 heterocycles. The van der Waals surface area contributed by atoms with E-state index in [1.165, 1.54) is 0 Å². The van der Waals surface area contributed by atoms with E-state index in [2.05, 4.69) is 26.7 Å². The molecule has 0 unspecified atom stereocenters. The molecule has 0 atom stereocenters. The number of nitrogens with zero attached hydrogens (tertiary/aromatic N) is 3. The van der Waals surface area contributed by atoms with Crippen LogP contribution in [0.5, 0.6) is 0 Å². The minimum atomic E-state index is 0.374. The van der Waals surface area contributed by atoms with Gasteiger partial charge in [-0.1, -0.05) is 35.3 Å². The molecule has 118 valence electrons. The van der Waals surface area contributed by atoms with Crippen LogP contribution < -0.4 is 10.6 Å². The molecular weight excluding hydrogens is 345 g/mol. The van der Waals surface area contributed by atoms with Crippen molar-refractivity contribution in [1.82, 2.24) is 9.97 Å². The number of nitrogens with one attached hydrogen (secondary N) is 2. The first-order valence-electron chi connectivity index (χ1n) is 6.97. The molecule has 7 heteroatoms. The third-order valence-electron chi connectivity index (χ3n) is 3.14. The van der Waals surface area contributed by atoms with Crippen molar-refractivity contribution in [1.29, 1.82) is 5.26 Å². The van der Waals surface area contributed by atoms with Crippen molar-refractivity contribution in [3.05, 3.63) is 70.3 Å². The molecule has 0 aliphatic heterocycles. The van der Waals surface area contributed by atoms with E-state index in [1.807, 2.05) is 12.1 Å². The first-order chi connectivity index (χ1) is 11.7. The van der Waals surface area contributed by atoms with Crippen LogP contribution in [-0.4, -0.2) is 9.97 Å². The van der Waals surface area contributed by atoms with Crippen molar-refractivity contribution >= 4 is 46.3 Å². The number of hydrogen-bond donors (Lipinski definition) is 2. The van der Waals surface area contributed by atoms with Gasteiger partial charge in [-0.05, 0) is 36.4 Å². The van der Waals surface area contributed by atoms with Gasteiger partial charge in [0.25, 0.3) is 0 Å². The molecule has 0 aliphatic carbocycles. The van der Waals surface area contributed by atoms with Crippen LogP contribution in [-0.2, 0) is 0 Å². The Hall–Kier alpha value is -2.81. The van der Waals surface area contributed by atoms with Gasteiger partial charge in [0.2, 0.25) is 5.95 Å². The number of nitriles is 1. The summed E-state index contributed by atoms with van der Waals surface area (Å²) in [5.41, 5.74) is 1.86. The fourth-order valence-electron chi connectivity index (χ4n) is 2.03. The first-order valence-corrected chi connectivity index (χ1v) is 7.72. The van der Waals surface area contributed by atoms with Gasteiger partial charge in [0, 0.05) is 11.2 Å². The maximum atomic E-state index is 9.14. The molecule has 0 spiro atoms. The smallest absolute Gasteiger partial charge is 0.229 e. The summed E-state index contributed by atoms with van der Waals surface area (Å²) in [7, 11) is 0. The lowest BCUT2D eigenvalue weighted by atomic mass is 10.2. The minimum absolute atomic E-state index is 0.374. The molecule has 0 fully saturated rings. The van der Waals surface area contributed by atoms with Gasteiger partial charge in [-0.3, -0.25) is 0 Å². The van der Waals surface area contributed by atoms with E-state index in [-0.39, 0.29) is 0 Å². The SMILES string of the molecule is N#Cc1ccccc1Nc1ccnc(Nc2ccc(Cl)cc2Cl)n1. The summed E-state index contributed by atoms with van der Waals surface area (Å²) in [4.78, 5) is 8.53. The van der Waals surface area contributed by atoms with Crippen molar-refractivity contribution < 1.29 is 0 Å². The van der Waals surface area contributed by atoms with E-state index in [4.69, 9.17) is 28.5 Å². The van der Waals surface area contributed by atoms with E-state index in [0.717, 1.165) is 0 Å². The van der Waals surface area contributed by atoms with Crippen molar-refractivity contribution in [3.8, 4) is 6.07 Å². The number of halogens is 2. The summed E-state index contributed by atoms with van der Waals surface area (Å²) < 4.78 is 0. The Balaban J connectivity index is 1.83. The van der Waals surface area contributed by atoms with Crippen LogP contribution in [0.1, 0.15) is 5.56 Å². The summed E-state index contributed by atoms with van der Waals surface area (Å²) >= 11 is 12.0. The van der Waals surface area contributed by atoms with Gasteiger partial charge >= 0.3 is 0 Å². The van der Waals surface area contributed by atoms with E-state index in [1.54, 1.807) is 42.6 Å². The van der Waals surface area contributed by atoms with E-state index >= 15 is 0 Å². The summed E-state index contributed by atoms with van der Waals surface area (Å²) in [6.45, 7) is 0. The third kappa shape index (κ3) is 3.74.